The molecule has 2 aliphatic rings. The van der Waals surface area contributed by atoms with E-state index in [1.165, 1.54) is 5.69 Å². The van der Waals surface area contributed by atoms with Gasteiger partial charge in [0.05, 0.1) is 11.1 Å². The molecule has 1 N–H and O–H groups in total. The highest BCUT2D eigenvalue weighted by Crippen LogP contribution is 2.31. The van der Waals surface area contributed by atoms with Crippen molar-refractivity contribution in [1.82, 2.24) is 15.2 Å². The van der Waals surface area contributed by atoms with E-state index in [0.29, 0.717) is 17.6 Å². The van der Waals surface area contributed by atoms with Crippen molar-refractivity contribution in [2.24, 2.45) is 0 Å². The van der Waals surface area contributed by atoms with Crippen molar-refractivity contribution in [2.75, 3.05) is 37.6 Å². The quantitative estimate of drug-likeness (QED) is 0.867. The van der Waals surface area contributed by atoms with Crippen molar-refractivity contribution < 1.29 is 0 Å². The Morgan fingerprint density at radius 3 is 3.09 bits per heavy atom. The maximum absolute atomic E-state index is 9.31. The van der Waals surface area contributed by atoms with Crippen molar-refractivity contribution in [3.63, 3.8) is 0 Å². The molecule has 23 heavy (non-hydrogen) atoms. The molecule has 0 unspecified atom stereocenters. The molecule has 0 spiro atoms. The lowest BCUT2D eigenvalue weighted by atomic mass is 10.0. The van der Waals surface area contributed by atoms with Crippen LogP contribution in [0.5, 0.6) is 0 Å². The predicted molar refractivity (Wildman–Crippen MR) is 91.5 cm³/mol. The molecule has 2 saturated heterocycles. The highest BCUT2D eigenvalue weighted by Gasteiger charge is 2.34. The molecule has 0 saturated carbocycles. The molecule has 2 fully saturated rings. The molecule has 1 aromatic carbocycles. The highest BCUT2D eigenvalue weighted by atomic mass is 15.3. The average Bonchev–Trinajstić information content (AvgIpc) is 2.60. The van der Waals surface area contributed by atoms with Gasteiger partial charge in [0.25, 0.3) is 0 Å². The van der Waals surface area contributed by atoms with Crippen LogP contribution in [-0.4, -0.2) is 54.7 Å². The number of hydrogen-bond donors (Lipinski definition) is 1. The van der Waals surface area contributed by atoms with Gasteiger partial charge < -0.3 is 10.2 Å². The Kier molecular flexibility index (Phi) is 3.64. The Morgan fingerprint density at radius 2 is 2.22 bits per heavy atom. The zero-order chi connectivity index (χ0) is 15.8. The van der Waals surface area contributed by atoms with Crippen LogP contribution < -0.4 is 10.2 Å². The molecule has 1 aromatic heterocycles. The van der Waals surface area contributed by atoms with E-state index < -0.39 is 0 Å². The van der Waals surface area contributed by atoms with Gasteiger partial charge in [-0.25, -0.2) is 0 Å². The topological polar surface area (TPSA) is 55.2 Å². The molecule has 2 aliphatic heterocycles. The van der Waals surface area contributed by atoms with E-state index in [4.69, 9.17) is 0 Å². The van der Waals surface area contributed by atoms with E-state index >= 15 is 0 Å². The predicted octanol–water partition coefficient (Wildman–Crippen LogP) is 1.59. The zero-order valence-corrected chi connectivity index (χ0v) is 13.4. The number of anilines is 1. The van der Waals surface area contributed by atoms with Gasteiger partial charge in [-0.15, -0.1) is 0 Å². The summed E-state index contributed by atoms with van der Waals surface area (Å²) in [4.78, 5) is 9.52. The van der Waals surface area contributed by atoms with Gasteiger partial charge in [0.15, 0.2) is 0 Å². The van der Waals surface area contributed by atoms with Crippen molar-refractivity contribution in [1.29, 1.82) is 5.26 Å². The van der Waals surface area contributed by atoms with E-state index in [0.717, 1.165) is 43.6 Å². The summed E-state index contributed by atoms with van der Waals surface area (Å²) in [7, 11) is 0. The molecular formula is C18H21N5. The number of piperazine rings is 2. The number of rotatable bonds is 1. The summed E-state index contributed by atoms with van der Waals surface area (Å²) in [5.41, 5.74) is 2.66. The van der Waals surface area contributed by atoms with Gasteiger partial charge in [-0.3, -0.25) is 9.88 Å². The fourth-order valence-electron chi connectivity index (χ4n) is 4.00. The van der Waals surface area contributed by atoms with E-state index in [1.807, 2.05) is 12.1 Å². The minimum Gasteiger partial charge on any atom is -0.368 e. The minimum absolute atomic E-state index is 0.540. The monoisotopic (exact) mass is 307 g/mol. The molecule has 0 aliphatic carbocycles. The van der Waals surface area contributed by atoms with Crippen LogP contribution in [0.1, 0.15) is 12.5 Å². The average molecular weight is 307 g/mol. The molecule has 0 bridgehead atoms. The normalized spacial score (nSPS) is 25.1. The molecule has 2 atom stereocenters. The second-order valence-electron chi connectivity index (χ2n) is 6.49. The zero-order valence-electron chi connectivity index (χ0n) is 13.4. The number of nitrogens with one attached hydrogen (secondary N) is 1. The highest BCUT2D eigenvalue weighted by molar-refractivity contribution is 5.95. The second kappa shape index (κ2) is 5.80. The van der Waals surface area contributed by atoms with Crippen LogP contribution in [0.25, 0.3) is 10.9 Å². The largest absolute Gasteiger partial charge is 0.368 e. The molecule has 0 radical (unpaired) electrons. The summed E-state index contributed by atoms with van der Waals surface area (Å²) >= 11 is 0. The number of nitriles is 1. The van der Waals surface area contributed by atoms with Crippen LogP contribution in [-0.2, 0) is 0 Å². The Balaban J connectivity index is 1.74. The van der Waals surface area contributed by atoms with Crippen LogP contribution in [0.4, 0.5) is 5.69 Å². The van der Waals surface area contributed by atoms with Crippen LogP contribution in [0.3, 0.4) is 0 Å². The Hall–Kier alpha value is -2.16. The summed E-state index contributed by atoms with van der Waals surface area (Å²) in [6.07, 6.45) is 1.76. The van der Waals surface area contributed by atoms with E-state index in [1.54, 1.807) is 6.20 Å². The van der Waals surface area contributed by atoms with Gasteiger partial charge in [-0.1, -0.05) is 0 Å². The maximum Gasteiger partial charge on any atom is 0.101 e. The van der Waals surface area contributed by atoms with Crippen molar-refractivity contribution >= 4 is 16.6 Å². The minimum atomic E-state index is 0.540. The van der Waals surface area contributed by atoms with Gasteiger partial charge in [0.2, 0.25) is 0 Å². The van der Waals surface area contributed by atoms with Crippen LogP contribution in [0, 0.1) is 11.3 Å². The van der Waals surface area contributed by atoms with Gasteiger partial charge in [-0.05, 0) is 31.2 Å². The fourth-order valence-corrected chi connectivity index (χ4v) is 4.00. The standard InChI is InChI=1S/C18H21N5/c1-13-11-22(12-15-10-20-7-8-23(13)15)17-5-4-14(9-19)18-16(17)3-2-6-21-18/h2-6,13,15,20H,7-8,10-12H2,1H3/t13-,15-/m1/s1. The number of benzene rings is 1. The Labute approximate surface area is 136 Å². The number of fused-ring (bicyclic) bond motifs is 2. The summed E-state index contributed by atoms with van der Waals surface area (Å²) in [6.45, 7) is 7.63. The number of hydrogen-bond acceptors (Lipinski definition) is 5. The summed E-state index contributed by atoms with van der Waals surface area (Å²) < 4.78 is 0. The fraction of sp³-hybridized carbons (Fsp3) is 0.444. The van der Waals surface area contributed by atoms with Crippen molar-refractivity contribution in [3.8, 4) is 6.07 Å². The summed E-state index contributed by atoms with van der Waals surface area (Å²) in [5.74, 6) is 0. The molecule has 4 rings (SSSR count). The van der Waals surface area contributed by atoms with Gasteiger partial charge in [0, 0.05) is 62.1 Å². The second-order valence-corrected chi connectivity index (χ2v) is 6.49. The third-order valence-electron chi connectivity index (χ3n) is 5.09. The molecule has 3 heterocycles. The number of nitrogens with zero attached hydrogens (tertiary/aromatic N) is 4. The SMILES string of the molecule is C[C@@H]1CN(c2ccc(C#N)c3ncccc23)C[C@H]2CNCCN21. The van der Waals surface area contributed by atoms with E-state index in [-0.39, 0.29) is 0 Å². The molecule has 118 valence electrons. The molecule has 5 nitrogen and oxygen atoms in total. The van der Waals surface area contributed by atoms with Crippen LogP contribution >= 0.6 is 0 Å². The Morgan fingerprint density at radius 1 is 1.30 bits per heavy atom. The van der Waals surface area contributed by atoms with E-state index in [2.05, 4.69) is 45.2 Å². The first kappa shape index (κ1) is 14.4. The van der Waals surface area contributed by atoms with Crippen LogP contribution in [0.2, 0.25) is 0 Å². The first-order chi connectivity index (χ1) is 11.3. The van der Waals surface area contributed by atoms with E-state index in [9.17, 15) is 5.26 Å². The van der Waals surface area contributed by atoms with Gasteiger partial charge in [0.1, 0.15) is 6.07 Å². The summed E-state index contributed by atoms with van der Waals surface area (Å²) in [6, 6.07) is 11.4. The lowest BCUT2D eigenvalue weighted by molar-refractivity contribution is 0.0971. The van der Waals surface area contributed by atoms with Gasteiger partial charge in [-0.2, -0.15) is 5.26 Å². The smallest absolute Gasteiger partial charge is 0.101 e. The summed E-state index contributed by atoms with van der Waals surface area (Å²) in [5, 5.41) is 13.9. The first-order valence-corrected chi connectivity index (χ1v) is 8.27. The Bertz CT molecular complexity index is 766. The molecular weight excluding hydrogens is 286 g/mol. The molecule has 5 heteroatoms. The van der Waals surface area contributed by atoms with Crippen LogP contribution in [0.15, 0.2) is 30.5 Å². The third-order valence-corrected chi connectivity index (χ3v) is 5.09. The maximum atomic E-state index is 9.31. The number of aromatic nitrogens is 1. The number of pyridine rings is 1. The molecule has 0 amide bonds. The molecule has 2 aromatic rings. The lowest BCUT2D eigenvalue weighted by Crippen LogP contribution is -2.64. The van der Waals surface area contributed by atoms with Crippen molar-refractivity contribution in [3.05, 3.63) is 36.0 Å². The van der Waals surface area contributed by atoms with Crippen molar-refractivity contribution in [2.45, 2.75) is 19.0 Å². The lowest BCUT2D eigenvalue weighted by Gasteiger charge is -2.49. The van der Waals surface area contributed by atoms with Gasteiger partial charge >= 0.3 is 0 Å². The first-order valence-electron chi connectivity index (χ1n) is 8.27. The third kappa shape index (κ3) is 2.44.